The molecular formula is C18H22N2. The predicted octanol–water partition coefficient (Wildman–Crippen LogP) is 3.93. The molecule has 0 radical (unpaired) electrons. The molecule has 4 rings (SSSR count). The number of pyridine rings is 1. The number of benzene rings is 1. The topological polar surface area (TPSA) is 24.9 Å². The van der Waals surface area contributed by atoms with Gasteiger partial charge in [-0.2, -0.15) is 0 Å². The highest BCUT2D eigenvalue weighted by Gasteiger charge is 2.48. The third-order valence-corrected chi connectivity index (χ3v) is 5.19. The molecule has 2 aliphatic carbocycles. The highest BCUT2D eigenvalue weighted by atomic mass is 14.9. The highest BCUT2D eigenvalue weighted by molar-refractivity contribution is 5.82. The number of aromatic nitrogens is 1. The van der Waals surface area contributed by atoms with Crippen molar-refractivity contribution in [2.45, 2.75) is 32.2 Å². The molecule has 2 fully saturated rings. The second-order valence-corrected chi connectivity index (χ2v) is 6.44. The maximum absolute atomic E-state index is 4.51. The fourth-order valence-electron chi connectivity index (χ4n) is 4.18. The molecule has 1 N–H and O–H groups in total. The Morgan fingerprint density at radius 3 is 2.80 bits per heavy atom. The molecular weight excluding hydrogens is 244 g/mol. The number of rotatable bonds is 4. The molecule has 0 amide bonds. The van der Waals surface area contributed by atoms with Crippen LogP contribution in [0.25, 0.3) is 10.9 Å². The molecule has 0 spiro atoms. The van der Waals surface area contributed by atoms with Gasteiger partial charge in [0.15, 0.2) is 0 Å². The summed E-state index contributed by atoms with van der Waals surface area (Å²) in [6.45, 7) is 3.25. The van der Waals surface area contributed by atoms with Crippen molar-refractivity contribution in [1.82, 2.24) is 10.3 Å². The summed E-state index contributed by atoms with van der Waals surface area (Å²) in [5.41, 5.74) is 2.57. The second kappa shape index (κ2) is 4.85. The molecule has 0 aliphatic heterocycles. The van der Waals surface area contributed by atoms with E-state index >= 15 is 0 Å². The van der Waals surface area contributed by atoms with Crippen molar-refractivity contribution in [3.63, 3.8) is 0 Å². The van der Waals surface area contributed by atoms with Gasteiger partial charge in [-0.1, -0.05) is 25.1 Å². The predicted molar refractivity (Wildman–Crippen MR) is 82.5 cm³/mol. The number of hydrogen-bond donors (Lipinski definition) is 1. The van der Waals surface area contributed by atoms with Gasteiger partial charge < -0.3 is 5.32 Å². The van der Waals surface area contributed by atoms with Crippen LogP contribution in [0.1, 0.15) is 37.8 Å². The van der Waals surface area contributed by atoms with E-state index in [1.54, 1.807) is 0 Å². The van der Waals surface area contributed by atoms with Gasteiger partial charge in [0, 0.05) is 17.6 Å². The Labute approximate surface area is 120 Å². The Bertz CT molecular complexity index is 606. The fraction of sp³-hybridized carbons (Fsp3) is 0.500. The lowest BCUT2D eigenvalue weighted by molar-refractivity contribution is 0.348. The Morgan fingerprint density at radius 1 is 1.15 bits per heavy atom. The van der Waals surface area contributed by atoms with Gasteiger partial charge in [-0.25, -0.2) is 0 Å². The lowest BCUT2D eigenvalue weighted by atomic mass is 9.87. The maximum atomic E-state index is 4.51. The number of fused-ring (bicyclic) bond motifs is 2. The van der Waals surface area contributed by atoms with Crippen LogP contribution in [-0.4, -0.2) is 11.5 Å². The summed E-state index contributed by atoms with van der Waals surface area (Å²) in [5, 5.41) is 5.07. The van der Waals surface area contributed by atoms with Crippen LogP contribution >= 0.6 is 0 Å². The molecule has 0 saturated heterocycles. The van der Waals surface area contributed by atoms with Crippen LogP contribution in [0, 0.1) is 17.8 Å². The molecule has 104 valence electrons. The molecule has 2 aromatic rings. The van der Waals surface area contributed by atoms with Crippen molar-refractivity contribution in [1.29, 1.82) is 0 Å². The van der Waals surface area contributed by atoms with E-state index in [1.165, 1.54) is 30.2 Å². The number of nitrogens with one attached hydrogen (secondary N) is 1. The average Bonchev–Trinajstić information content (AvgIpc) is 3.11. The normalized spacial score (nSPS) is 29.4. The van der Waals surface area contributed by atoms with Gasteiger partial charge in [0.2, 0.25) is 0 Å². The summed E-state index contributed by atoms with van der Waals surface area (Å²) >= 11 is 0. The monoisotopic (exact) mass is 266 g/mol. The smallest absolute Gasteiger partial charge is 0.0705 e. The lowest BCUT2D eigenvalue weighted by Crippen LogP contribution is -2.28. The van der Waals surface area contributed by atoms with Crippen LogP contribution in [0.2, 0.25) is 0 Å². The maximum Gasteiger partial charge on any atom is 0.0705 e. The van der Waals surface area contributed by atoms with E-state index in [0.29, 0.717) is 6.04 Å². The molecule has 20 heavy (non-hydrogen) atoms. The SMILES string of the molecule is CCNC(c1cccc2ncccc12)C1CC2CC2C1. The first-order valence-electron chi connectivity index (χ1n) is 7.94. The third kappa shape index (κ3) is 2.03. The number of hydrogen-bond acceptors (Lipinski definition) is 2. The third-order valence-electron chi connectivity index (χ3n) is 5.19. The van der Waals surface area contributed by atoms with Crippen LogP contribution in [0.3, 0.4) is 0 Å². The van der Waals surface area contributed by atoms with Crippen LogP contribution in [0.15, 0.2) is 36.5 Å². The Morgan fingerprint density at radius 2 is 2.00 bits per heavy atom. The summed E-state index contributed by atoms with van der Waals surface area (Å²) in [7, 11) is 0. The van der Waals surface area contributed by atoms with Crippen molar-refractivity contribution in [3.8, 4) is 0 Å². The van der Waals surface area contributed by atoms with E-state index in [2.05, 4.69) is 47.6 Å². The van der Waals surface area contributed by atoms with Crippen LogP contribution in [0.4, 0.5) is 0 Å². The van der Waals surface area contributed by atoms with Crippen LogP contribution < -0.4 is 5.32 Å². The van der Waals surface area contributed by atoms with Gasteiger partial charge in [-0.05, 0) is 61.3 Å². The van der Waals surface area contributed by atoms with Crippen molar-refractivity contribution < 1.29 is 0 Å². The molecule has 2 nitrogen and oxygen atoms in total. The average molecular weight is 266 g/mol. The zero-order chi connectivity index (χ0) is 13.5. The van der Waals surface area contributed by atoms with E-state index in [9.17, 15) is 0 Å². The zero-order valence-corrected chi connectivity index (χ0v) is 12.0. The Hall–Kier alpha value is -1.41. The molecule has 3 unspecified atom stereocenters. The first-order chi connectivity index (χ1) is 9.86. The standard InChI is InChI=1S/C18H22N2/c1-2-19-18(14-10-12-9-13(12)11-14)16-5-3-7-17-15(16)6-4-8-20-17/h3-8,12-14,18-19H,2,9-11H2,1H3. The minimum absolute atomic E-state index is 0.501. The summed E-state index contributed by atoms with van der Waals surface area (Å²) in [4.78, 5) is 4.51. The summed E-state index contributed by atoms with van der Waals surface area (Å²) in [6.07, 6.45) is 6.21. The molecule has 1 aromatic heterocycles. The van der Waals surface area contributed by atoms with Crippen LogP contribution in [0.5, 0.6) is 0 Å². The van der Waals surface area contributed by atoms with Crippen molar-refractivity contribution >= 4 is 10.9 Å². The number of nitrogens with zero attached hydrogens (tertiary/aromatic N) is 1. The Balaban J connectivity index is 1.73. The second-order valence-electron chi connectivity index (χ2n) is 6.44. The van der Waals surface area contributed by atoms with Gasteiger partial charge >= 0.3 is 0 Å². The summed E-state index contributed by atoms with van der Waals surface area (Å²) in [5.74, 6) is 2.88. The minimum Gasteiger partial charge on any atom is -0.310 e. The van der Waals surface area contributed by atoms with E-state index in [0.717, 1.165) is 29.8 Å². The minimum atomic E-state index is 0.501. The molecule has 2 heteroatoms. The van der Waals surface area contributed by atoms with Gasteiger partial charge in [0.05, 0.1) is 5.52 Å². The molecule has 1 heterocycles. The first kappa shape index (κ1) is 12.3. The van der Waals surface area contributed by atoms with E-state index in [-0.39, 0.29) is 0 Å². The van der Waals surface area contributed by atoms with E-state index < -0.39 is 0 Å². The van der Waals surface area contributed by atoms with Gasteiger partial charge in [-0.3, -0.25) is 4.98 Å². The van der Waals surface area contributed by atoms with Crippen molar-refractivity contribution in [2.75, 3.05) is 6.54 Å². The van der Waals surface area contributed by atoms with E-state index in [4.69, 9.17) is 0 Å². The van der Waals surface area contributed by atoms with Gasteiger partial charge in [-0.15, -0.1) is 0 Å². The lowest BCUT2D eigenvalue weighted by Gasteiger charge is -2.27. The van der Waals surface area contributed by atoms with Crippen molar-refractivity contribution in [2.24, 2.45) is 17.8 Å². The molecule has 2 aliphatic rings. The van der Waals surface area contributed by atoms with E-state index in [1.807, 2.05) is 6.20 Å². The molecule has 3 atom stereocenters. The highest BCUT2D eigenvalue weighted by Crippen LogP contribution is 2.57. The zero-order valence-electron chi connectivity index (χ0n) is 12.0. The summed E-state index contributed by atoms with van der Waals surface area (Å²) < 4.78 is 0. The summed E-state index contributed by atoms with van der Waals surface area (Å²) in [6, 6.07) is 11.3. The fourth-order valence-corrected chi connectivity index (χ4v) is 4.18. The molecule has 0 bridgehead atoms. The Kier molecular flexibility index (Phi) is 2.99. The van der Waals surface area contributed by atoms with Gasteiger partial charge in [0.1, 0.15) is 0 Å². The first-order valence-corrected chi connectivity index (χ1v) is 7.94. The largest absolute Gasteiger partial charge is 0.310 e. The quantitative estimate of drug-likeness (QED) is 0.907. The van der Waals surface area contributed by atoms with Crippen molar-refractivity contribution in [3.05, 3.63) is 42.1 Å². The van der Waals surface area contributed by atoms with Gasteiger partial charge in [0.25, 0.3) is 0 Å². The van der Waals surface area contributed by atoms with Crippen LogP contribution in [-0.2, 0) is 0 Å². The molecule has 2 saturated carbocycles. The molecule has 1 aromatic carbocycles.